The second kappa shape index (κ2) is 13.4. The van der Waals surface area contributed by atoms with E-state index in [0.717, 1.165) is 51.1 Å². The number of nitrogens with zero attached hydrogens (tertiary/aromatic N) is 5. The predicted octanol–water partition coefficient (Wildman–Crippen LogP) is 4.63. The Kier molecular flexibility index (Phi) is 10.6. The molecule has 2 amide bonds. The Balaban J connectivity index is 1.51. The van der Waals surface area contributed by atoms with E-state index in [1.807, 2.05) is 9.80 Å². The first-order valence-electron chi connectivity index (χ1n) is 12.5. The van der Waals surface area contributed by atoms with Crippen molar-refractivity contribution in [2.45, 2.75) is 82.8 Å². The average Bonchev–Trinajstić information content (AvgIpc) is 2.82. The molecule has 1 atom stereocenters. The molecular formula is C24H38ClN5O2S. The molecule has 9 heteroatoms. The van der Waals surface area contributed by atoms with Crippen LogP contribution in [0.1, 0.15) is 71.6 Å². The number of rotatable bonds is 10. The van der Waals surface area contributed by atoms with E-state index < -0.39 is 0 Å². The largest absolute Gasteiger partial charge is 0.353 e. The fraction of sp³-hybridized carbons (Fsp3) is 0.750. The smallest absolute Gasteiger partial charge is 0.233 e. The number of unbranched alkanes of at least 4 members (excludes halogenated alkanes) is 4. The maximum absolute atomic E-state index is 12.7. The summed E-state index contributed by atoms with van der Waals surface area (Å²) in [5, 5.41) is 0.909. The van der Waals surface area contributed by atoms with Gasteiger partial charge in [-0.15, -0.1) is 0 Å². The number of thioether (sulfide) groups is 1. The van der Waals surface area contributed by atoms with Crippen LogP contribution in [0, 0.1) is 0 Å². The summed E-state index contributed by atoms with van der Waals surface area (Å²) in [6, 6.07) is 1.89. The molecule has 3 rings (SSSR count). The van der Waals surface area contributed by atoms with Crippen LogP contribution in [-0.4, -0.2) is 76.1 Å². The molecule has 1 aromatic heterocycles. The summed E-state index contributed by atoms with van der Waals surface area (Å²) in [5.74, 6) is 1.49. The molecule has 0 aliphatic carbocycles. The Morgan fingerprint density at radius 2 is 1.79 bits per heavy atom. The quantitative estimate of drug-likeness (QED) is 0.204. The van der Waals surface area contributed by atoms with Crippen molar-refractivity contribution in [3.63, 3.8) is 0 Å². The molecule has 0 radical (unpaired) electrons. The number of likely N-dealkylation sites (tertiary alicyclic amines) is 1. The molecule has 0 aromatic carbocycles. The van der Waals surface area contributed by atoms with Gasteiger partial charge in [0.15, 0.2) is 5.16 Å². The van der Waals surface area contributed by atoms with Crippen LogP contribution in [0.4, 0.5) is 5.82 Å². The number of hydrogen-bond donors (Lipinski definition) is 0. The zero-order valence-electron chi connectivity index (χ0n) is 20.1. The number of hydrogen-bond acceptors (Lipinski definition) is 6. The number of halogens is 1. The van der Waals surface area contributed by atoms with Crippen molar-refractivity contribution in [3.05, 3.63) is 11.2 Å². The van der Waals surface area contributed by atoms with E-state index >= 15 is 0 Å². The summed E-state index contributed by atoms with van der Waals surface area (Å²) >= 11 is 7.64. The maximum Gasteiger partial charge on any atom is 0.233 e. The van der Waals surface area contributed by atoms with Crippen LogP contribution in [0.2, 0.25) is 5.15 Å². The van der Waals surface area contributed by atoms with Gasteiger partial charge in [-0.3, -0.25) is 9.59 Å². The first-order valence-corrected chi connectivity index (χ1v) is 13.8. The van der Waals surface area contributed by atoms with E-state index in [1.54, 1.807) is 6.07 Å². The minimum absolute atomic E-state index is 0.118. The molecule has 0 saturated carbocycles. The second-order valence-electron chi connectivity index (χ2n) is 9.11. The Bertz CT molecular complexity index is 790. The molecule has 2 fully saturated rings. The third kappa shape index (κ3) is 8.02. The highest BCUT2D eigenvalue weighted by Gasteiger charge is 2.28. The van der Waals surface area contributed by atoms with Crippen LogP contribution >= 0.6 is 23.4 Å². The SMILES string of the molecule is CCCCCCCC(=O)N1CCN(c2cc(Cl)nc(SCC(=O)N3CCCCC3)n2)CC1C. The highest BCUT2D eigenvalue weighted by atomic mass is 35.5. The number of piperazine rings is 1. The van der Waals surface area contributed by atoms with Crippen LogP contribution in [0.3, 0.4) is 0 Å². The van der Waals surface area contributed by atoms with E-state index in [4.69, 9.17) is 11.6 Å². The topological polar surface area (TPSA) is 69.6 Å². The number of anilines is 1. The molecule has 2 aliphatic heterocycles. The Hall–Kier alpha value is -1.54. The second-order valence-corrected chi connectivity index (χ2v) is 10.4. The summed E-state index contributed by atoms with van der Waals surface area (Å²) < 4.78 is 0. The summed E-state index contributed by atoms with van der Waals surface area (Å²) in [4.78, 5) is 40.3. The minimum atomic E-state index is 0.118. The van der Waals surface area contributed by atoms with Gasteiger partial charge in [0.05, 0.1) is 5.75 Å². The minimum Gasteiger partial charge on any atom is -0.353 e. The summed E-state index contributed by atoms with van der Waals surface area (Å²) in [7, 11) is 0. The van der Waals surface area contributed by atoms with Gasteiger partial charge in [0, 0.05) is 51.3 Å². The van der Waals surface area contributed by atoms with Gasteiger partial charge < -0.3 is 14.7 Å². The molecule has 33 heavy (non-hydrogen) atoms. The predicted molar refractivity (Wildman–Crippen MR) is 135 cm³/mol. The van der Waals surface area contributed by atoms with Gasteiger partial charge >= 0.3 is 0 Å². The fourth-order valence-electron chi connectivity index (χ4n) is 4.53. The van der Waals surface area contributed by atoms with Gasteiger partial charge in [-0.25, -0.2) is 9.97 Å². The molecule has 7 nitrogen and oxygen atoms in total. The normalized spacial score (nSPS) is 19.1. The third-order valence-corrected chi connectivity index (χ3v) is 7.49. The molecule has 2 aliphatic rings. The van der Waals surface area contributed by atoms with E-state index in [9.17, 15) is 9.59 Å². The van der Waals surface area contributed by atoms with Crippen LogP contribution < -0.4 is 4.90 Å². The van der Waals surface area contributed by atoms with Crippen molar-refractivity contribution >= 4 is 41.0 Å². The lowest BCUT2D eigenvalue weighted by atomic mass is 10.1. The van der Waals surface area contributed by atoms with Crippen molar-refractivity contribution in [1.82, 2.24) is 19.8 Å². The highest BCUT2D eigenvalue weighted by Crippen LogP contribution is 2.25. The zero-order valence-corrected chi connectivity index (χ0v) is 21.7. The molecular weight excluding hydrogens is 458 g/mol. The van der Waals surface area contributed by atoms with E-state index in [1.165, 1.54) is 37.4 Å². The molecule has 1 unspecified atom stereocenters. The lowest BCUT2D eigenvalue weighted by Crippen LogP contribution is -2.54. The number of amides is 2. The van der Waals surface area contributed by atoms with E-state index in [-0.39, 0.29) is 17.9 Å². The van der Waals surface area contributed by atoms with Crippen molar-refractivity contribution in [3.8, 4) is 0 Å². The number of carbonyl (C=O) groups is 2. The monoisotopic (exact) mass is 495 g/mol. The van der Waals surface area contributed by atoms with Crippen molar-refractivity contribution < 1.29 is 9.59 Å². The fourth-order valence-corrected chi connectivity index (χ4v) is 5.52. The summed E-state index contributed by atoms with van der Waals surface area (Å²) in [6.45, 7) is 8.11. The van der Waals surface area contributed by atoms with Crippen molar-refractivity contribution in [1.29, 1.82) is 0 Å². The summed E-state index contributed by atoms with van der Waals surface area (Å²) in [6.07, 6.45) is 9.79. The van der Waals surface area contributed by atoms with Gasteiger partial charge in [0.1, 0.15) is 11.0 Å². The van der Waals surface area contributed by atoms with E-state index in [2.05, 4.69) is 28.7 Å². The average molecular weight is 496 g/mol. The number of piperidine rings is 1. The first kappa shape index (κ1) is 26.1. The molecule has 3 heterocycles. The molecule has 2 saturated heterocycles. The standard InChI is InChI=1S/C24H38ClN5O2S/c1-3-4-5-6-8-11-22(31)30-15-14-29(17-19(30)2)21-16-20(25)26-24(27-21)33-18-23(32)28-12-9-7-10-13-28/h16,19H,3-15,17-18H2,1-2H3. The van der Waals surface area contributed by atoms with Gasteiger partial charge in [-0.05, 0) is 32.6 Å². The van der Waals surface area contributed by atoms with Gasteiger partial charge in [-0.2, -0.15) is 0 Å². The van der Waals surface area contributed by atoms with Gasteiger partial charge in [0.2, 0.25) is 11.8 Å². The van der Waals surface area contributed by atoms with Crippen LogP contribution in [0.25, 0.3) is 0 Å². The summed E-state index contributed by atoms with van der Waals surface area (Å²) in [5.41, 5.74) is 0. The van der Waals surface area contributed by atoms with E-state index in [0.29, 0.717) is 35.6 Å². The lowest BCUT2D eigenvalue weighted by molar-refractivity contribution is -0.133. The zero-order chi connectivity index (χ0) is 23.6. The molecule has 0 bridgehead atoms. The Morgan fingerprint density at radius 3 is 2.52 bits per heavy atom. The van der Waals surface area contributed by atoms with Crippen LogP contribution in [0.5, 0.6) is 0 Å². The van der Waals surface area contributed by atoms with Gasteiger partial charge in [-0.1, -0.05) is 56.0 Å². The van der Waals surface area contributed by atoms with Gasteiger partial charge in [0.25, 0.3) is 0 Å². The van der Waals surface area contributed by atoms with Crippen LogP contribution in [-0.2, 0) is 9.59 Å². The molecule has 0 spiro atoms. The molecule has 0 N–H and O–H groups in total. The Morgan fingerprint density at radius 1 is 1.03 bits per heavy atom. The first-order chi connectivity index (χ1) is 16.0. The maximum atomic E-state index is 12.7. The lowest BCUT2D eigenvalue weighted by Gasteiger charge is -2.40. The number of aromatic nitrogens is 2. The van der Waals surface area contributed by atoms with Crippen molar-refractivity contribution in [2.24, 2.45) is 0 Å². The number of carbonyl (C=O) groups excluding carboxylic acids is 2. The molecule has 184 valence electrons. The van der Waals surface area contributed by atoms with Crippen molar-refractivity contribution in [2.75, 3.05) is 43.4 Å². The highest BCUT2D eigenvalue weighted by molar-refractivity contribution is 7.99. The Labute approximate surface area is 207 Å². The third-order valence-electron chi connectivity index (χ3n) is 6.46. The van der Waals surface area contributed by atoms with Crippen LogP contribution in [0.15, 0.2) is 11.2 Å². The molecule has 1 aromatic rings.